The normalized spacial score (nSPS) is 16.6. The molecular formula is C24H18N4O3S2. The molecule has 0 radical (unpaired) electrons. The molecule has 2 aromatic carbocycles. The van der Waals surface area contributed by atoms with Gasteiger partial charge in [0.25, 0.3) is 5.91 Å². The number of furan rings is 1. The van der Waals surface area contributed by atoms with Crippen LogP contribution in [-0.2, 0) is 4.79 Å². The molecule has 2 aliphatic heterocycles. The Bertz CT molecular complexity index is 1310. The summed E-state index contributed by atoms with van der Waals surface area (Å²) in [5.74, 6) is 0.649. The summed E-state index contributed by atoms with van der Waals surface area (Å²) in [7, 11) is 0. The molecule has 0 spiro atoms. The van der Waals surface area contributed by atoms with E-state index in [4.69, 9.17) is 14.6 Å². The van der Waals surface area contributed by atoms with Crippen LogP contribution < -0.4 is 4.74 Å². The highest BCUT2D eigenvalue weighted by atomic mass is 32.2. The third-order valence-electron chi connectivity index (χ3n) is 4.73. The lowest BCUT2D eigenvalue weighted by atomic mass is 10.1. The SMILES string of the molecule is Cc1ccc(Sc2ccc(/C=C3/C(=N)N4N=C(COc5ccccc5)SC4=NC3=O)o2)cc1. The van der Waals surface area contributed by atoms with Gasteiger partial charge in [-0.05, 0) is 61.2 Å². The Hall–Kier alpha value is -3.56. The molecule has 1 amide bonds. The van der Waals surface area contributed by atoms with Crippen molar-refractivity contribution in [1.82, 2.24) is 5.01 Å². The van der Waals surface area contributed by atoms with Crippen molar-refractivity contribution in [3.8, 4) is 5.75 Å². The molecule has 0 unspecified atom stereocenters. The molecule has 2 aliphatic rings. The van der Waals surface area contributed by atoms with Gasteiger partial charge in [0.15, 0.2) is 10.9 Å². The highest BCUT2D eigenvalue weighted by Gasteiger charge is 2.36. The van der Waals surface area contributed by atoms with Gasteiger partial charge in [-0.15, -0.1) is 0 Å². The molecule has 5 rings (SSSR count). The van der Waals surface area contributed by atoms with Gasteiger partial charge < -0.3 is 9.15 Å². The predicted octanol–water partition coefficient (Wildman–Crippen LogP) is 5.44. The van der Waals surface area contributed by atoms with E-state index in [1.54, 1.807) is 6.07 Å². The molecule has 7 nitrogen and oxygen atoms in total. The molecule has 0 saturated carbocycles. The van der Waals surface area contributed by atoms with E-state index >= 15 is 0 Å². The molecular weight excluding hydrogens is 456 g/mol. The standard InChI is InChI=1S/C24H18N4O3S2/c1-15-7-10-18(11-8-15)32-21-12-9-17(31-21)13-19-22(25)28-24(26-23(19)29)33-20(27-28)14-30-16-5-3-2-4-6-16/h2-13,25H,14H2,1H3/b19-13-,25-22?. The number of nitrogens with one attached hydrogen (secondary N) is 1. The van der Waals surface area contributed by atoms with E-state index < -0.39 is 5.91 Å². The van der Waals surface area contributed by atoms with Crippen molar-refractivity contribution in [2.45, 2.75) is 16.9 Å². The first-order valence-corrected chi connectivity index (χ1v) is 11.7. The number of carbonyl (C=O) groups is 1. The van der Waals surface area contributed by atoms with Crippen LogP contribution in [0, 0.1) is 12.3 Å². The summed E-state index contributed by atoms with van der Waals surface area (Å²) in [6.45, 7) is 2.26. The van der Waals surface area contributed by atoms with Crippen molar-refractivity contribution in [2.24, 2.45) is 10.1 Å². The fraction of sp³-hybridized carbons (Fsp3) is 0.0833. The topological polar surface area (TPSA) is 91.3 Å². The third-order valence-corrected chi connectivity index (χ3v) is 6.54. The zero-order valence-electron chi connectivity index (χ0n) is 17.5. The van der Waals surface area contributed by atoms with Gasteiger partial charge in [0.1, 0.15) is 23.2 Å². The number of fused-ring (bicyclic) bond motifs is 1. The van der Waals surface area contributed by atoms with Crippen LogP contribution in [0.4, 0.5) is 0 Å². The van der Waals surface area contributed by atoms with Crippen LogP contribution in [0.1, 0.15) is 11.3 Å². The van der Waals surface area contributed by atoms with E-state index in [-0.39, 0.29) is 18.0 Å². The number of amides is 1. The second-order valence-electron chi connectivity index (χ2n) is 7.19. The first kappa shape index (κ1) is 21.3. The maximum Gasteiger partial charge on any atom is 0.283 e. The number of ether oxygens (including phenoxy) is 1. The minimum Gasteiger partial charge on any atom is -0.487 e. The lowest BCUT2D eigenvalue weighted by Crippen LogP contribution is -2.35. The van der Waals surface area contributed by atoms with Gasteiger partial charge in [-0.25, -0.2) is 0 Å². The monoisotopic (exact) mass is 474 g/mol. The zero-order valence-corrected chi connectivity index (χ0v) is 19.2. The second kappa shape index (κ2) is 9.13. The average molecular weight is 475 g/mol. The van der Waals surface area contributed by atoms with Crippen molar-refractivity contribution in [3.63, 3.8) is 0 Å². The predicted molar refractivity (Wildman–Crippen MR) is 131 cm³/mol. The van der Waals surface area contributed by atoms with E-state index in [9.17, 15) is 4.79 Å². The van der Waals surface area contributed by atoms with Gasteiger partial charge >= 0.3 is 0 Å². The van der Waals surface area contributed by atoms with Gasteiger partial charge in [0, 0.05) is 4.90 Å². The van der Waals surface area contributed by atoms with Crippen molar-refractivity contribution in [2.75, 3.05) is 6.61 Å². The van der Waals surface area contributed by atoms with E-state index in [0.717, 1.165) is 10.6 Å². The first-order chi connectivity index (χ1) is 16.0. The molecule has 3 aromatic rings. The molecule has 0 bridgehead atoms. The fourth-order valence-electron chi connectivity index (χ4n) is 3.08. The number of rotatable bonds is 6. The van der Waals surface area contributed by atoms with E-state index in [0.29, 0.717) is 21.1 Å². The van der Waals surface area contributed by atoms with Gasteiger partial charge in [0.2, 0.25) is 5.17 Å². The van der Waals surface area contributed by atoms with Crippen molar-refractivity contribution in [1.29, 1.82) is 5.41 Å². The molecule has 0 saturated heterocycles. The Kier molecular flexibility index (Phi) is 5.89. The summed E-state index contributed by atoms with van der Waals surface area (Å²) in [5.41, 5.74) is 1.31. The van der Waals surface area contributed by atoms with E-state index in [1.165, 1.54) is 40.2 Å². The molecule has 1 N–H and O–H groups in total. The summed E-state index contributed by atoms with van der Waals surface area (Å²) in [5, 5.41) is 15.9. The third kappa shape index (κ3) is 4.79. The number of amidine groups is 2. The molecule has 164 valence electrons. The number of nitrogens with zero attached hydrogens (tertiary/aromatic N) is 3. The minimum absolute atomic E-state index is 0.0450. The van der Waals surface area contributed by atoms with Crippen LogP contribution in [0.2, 0.25) is 0 Å². The number of hydrazone groups is 1. The molecule has 33 heavy (non-hydrogen) atoms. The Morgan fingerprint density at radius 2 is 1.91 bits per heavy atom. The Balaban J connectivity index is 1.30. The number of aliphatic imine (C=N–C) groups is 1. The Morgan fingerprint density at radius 3 is 2.70 bits per heavy atom. The van der Waals surface area contributed by atoms with Crippen LogP contribution in [0.25, 0.3) is 6.08 Å². The summed E-state index contributed by atoms with van der Waals surface area (Å²) in [6, 6.07) is 21.1. The number of benzene rings is 2. The van der Waals surface area contributed by atoms with Crippen LogP contribution in [0.15, 0.2) is 96.8 Å². The summed E-state index contributed by atoms with van der Waals surface area (Å²) in [4.78, 5) is 17.8. The van der Waals surface area contributed by atoms with Gasteiger partial charge in [-0.1, -0.05) is 47.7 Å². The van der Waals surface area contributed by atoms with Gasteiger partial charge in [-0.3, -0.25) is 10.2 Å². The van der Waals surface area contributed by atoms with Crippen LogP contribution >= 0.6 is 23.5 Å². The molecule has 0 atom stereocenters. The zero-order chi connectivity index (χ0) is 22.8. The second-order valence-corrected chi connectivity index (χ2v) is 9.31. The lowest BCUT2D eigenvalue weighted by Gasteiger charge is -2.19. The fourth-order valence-corrected chi connectivity index (χ4v) is 4.66. The van der Waals surface area contributed by atoms with Crippen molar-refractivity contribution < 1.29 is 13.9 Å². The number of thioether (sulfide) groups is 1. The Labute approximate surface area is 198 Å². The first-order valence-electron chi connectivity index (χ1n) is 10.1. The maximum absolute atomic E-state index is 12.6. The van der Waals surface area contributed by atoms with E-state index in [2.05, 4.69) is 10.1 Å². The maximum atomic E-state index is 12.6. The molecule has 9 heteroatoms. The van der Waals surface area contributed by atoms with Crippen molar-refractivity contribution >= 4 is 51.6 Å². The molecule has 3 heterocycles. The summed E-state index contributed by atoms with van der Waals surface area (Å²) >= 11 is 2.71. The molecule has 0 aliphatic carbocycles. The van der Waals surface area contributed by atoms with Gasteiger partial charge in [-0.2, -0.15) is 15.1 Å². The quantitative estimate of drug-likeness (QED) is 0.479. The molecule has 0 fully saturated rings. The van der Waals surface area contributed by atoms with Crippen LogP contribution in [-0.4, -0.2) is 33.6 Å². The molecule has 1 aromatic heterocycles. The van der Waals surface area contributed by atoms with Crippen molar-refractivity contribution in [3.05, 3.63) is 83.6 Å². The number of carbonyl (C=O) groups excluding carboxylic acids is 1. The number of hydrogen-bond donors (Lipinski definition) is 1. The smallest absolute Gasteiger partial charge is 0.283 e. The number of aryl methyl sites for hydroxylation is 1. The number of hydrogen-bond acceptors (Lipinski definition) is 7. The Morgan fingerprint density at radius 1 is 1.12 bits per heavy atom. The largest absolute Gasteiger partial charge is 0.487 e. The lowest BCUT2D eigenvalue weighted by molar-refractivity contribution is -0.114. The number of para-hydroxylation sites is 1. The van der Waals surface area contributed by atoms with E-state index in [1.807, 2.05) is 67.6 Å². The summed E-state index contributed by atoms with van der Waals surface area (Å²) in [6.07, 6.45) is 1.53. The van der Waals surface area contributed by atoms with Crippen LogP contribution in [0.3, 0.4) is 0 Å². The van der Waals surface area contributed by atoms with Gasteiger partial charge in [0.05, 0.1) is 5.57 Å². The highest BCUT2D eigenvalue weighted by Crippen LogP contribution is 2.32. The summed E-state index contributed by atoms with van der Waals surface area (Å²) < 4.78 is 11.6. The minimum atomic E-state index is -0.497. The average Bonchev–Trinajstić information content (AvgIpc) is 3.44. The highest BCUT2D eigenvalue weighted by molar-refractivity contribution is 8.27. The van der Waals surface area contributed by atoms with Crippen LogP contribution in [0.5, 0.6) is 5.75 Å².